The summed E-state index contributed by atoms with van der Waals surface area (Å²) in [6, 6.07) is 4.47. The van der Waals surface area contributed by atoms with Gasteiger partial charge in [0.2, 0.25) is 0 Å². The van der Waals surface area contributed by atoms with Gasteiger partial charge in [-0.15, -0.1) is 0 Å². The molecule has 0 amide bonds. The monoisotopic (exact) mass is 231 g/mol. The SMILES string of the molecule is c1cc2c(nc1CN1CCCCC1)NCCC2. The molecule has 1 N–H and O–H groups in total. The standard InChI is InChI=1S/C14H21N3/c1-2-9-17(10-3-1)11-13-7-6-12-5-4-8-15-14(12)16-13/h6-7H,1-5,8-11H2,(H,15,16). The first-order valence-corrected chi connectivity index (χ1v) is 6.87. The van der Waals surface area contributed by atoms with E-state index < -0.39 is 0 Å². The molecule has 0 spiro atoms. The molecule has 2 aliphatic heterocycles. The zero-order valence-corrected chi connectivity index (χ0v) is 10.4. The van der Waals surface area contributed by atoms with Crippen LogP contribution in [0.3, 0.4) is 0 Å². The van der Waals surface area contributed by atoms with Crippen molar-refractivity contribution in [2.24, 2.45) is 0 Å². The Morgan fingerprint density at radius 2 is 2.00 bits per heavy atom. The molecule has 1 aromatic rings. The predicted octanol–water partition coefficient (Wildman–Crippen LogP) is 2.43. The molecular weight excluding hydrogens is 210 g/mol. The molecule has 2 aliphatic rings. The Labute approximate surface area is 103 Å². The minimum atomic E-state index is 1.02. The molecule has 92 valence electrons. The Balaban J connectivity index is 1.70. The number of piperidine rings is 1. The number of fused-ring (bicyclic) bond motifs is 1. The van der Waals surface area contributed by atoms with Crippen LogP contribution in [0.5, 0.6) is 0 Å². The molecule has 3 rings (SSSR count). The Morgan fingerprint density at radius 1 is 1.12 bits per heavy atom. The van der Waals surface area contributed by atoms with Gasteiger partial charge in [0, 0.05) is 13.1 Å². The Hall–Kier alpha value is -1.09. The molecule has 0 radical (unpaired) electrons. The molecule has 1 fully saturated rings. The molecule has 0 bridgehead atoms. The van der Waals surface area contributed by atoms with Crippen molar-refractivity contribution in [3.05, 3.63) is 23.4 Å². The maximum atomic E-state index is 4.75. The van der Waals surface area contributed by atoms with Gasteiger partial charge < -0.3 is 5.32 Å². The Morgan fingerprint density at radius 3 is 2.88 bits per heavy atom. The average molecular weight is 231 g/mol. The van der Waals surface area contributed by atoms with Gasteiger partial charge in [0.25, 0.3) is 0 Å². The third kappa shape index (κ3) is 2.60. The number of likely N-dealkylation sites (tertiary alicyclic amines) is 1. The number of rotatable bonds is 2. The molecule has 0 atom stereocenters. The zero-order valence-electron chi connectivity index (χ0n) is 10.4. The largest absolute Gasteiger partial charge is 0.370 e. The second kappa shape index (κ2) is 5.05. The maximum Gasteiger partial charge on any atom is 0.129 e. The first-order valence-electron chi connectivity index (χ1n) is 6.87. The van der Waals surface area contributed by atoms with E-state index in [-0.39, 0.29) is 0 Å². The number of nitrogens with one attached hydrogen (secondary N) is 1. The normalized spacial score (nSPS) is 20.7. The van der Waals surface area contributed by atoms with E-state index in [0.717, 1.165) is 18.9 Å². The first-order chi connectivity index (χ1) is 8.42. The minimum absolute atomic E-state index is 1.02. The van der Waals surface area contributed by atoms with E-state index in [9.17, 15) is 0 Å². The van der Waals surface area contributed by atoms with E-state index in [1.54, 1.807) is 0 Å². The zero-order chi connectivity index (χ0) is 11.5. The van der Waals surface area contributed by atoms with E-state index in [1.165, 1.54) is 56.5 Å². The number of hydrogen-bond donors (Lipinski definition) is 1. The van der Waals surface area contributed by atoms with Gasteiger partial charge in [0.1, 0.15) is 5.82 Å². The second-order valence-corrected chi connectivity index (χ2v) is 5.18. The van der Waals surface area contributed by atoms with Crippen LogP contribution in [0.15, 0.2) is 12.1 Å². The fraction of sp³-hybridized carbons (Fsp3) is 0.643. The van der Waals surface area contributed by atoms with Crippen molar-refractivity contribution >= 4 is 5.82 Å². The number of hydrogen-bond acceptors (Lipinski definition) is 3. The van der Waals surface area contributed by atoms with Gasteiger partial charge in [-0.2, -0.15) is 0 Å². The quantitative estimate of drug-likeness (QED) is 0.847. The Kier molecular flexibility index (Phi) is 3.27. The molecule has 0 unspecified atom stereocenters. The highest BCUT2D eigenvalue weighted by atomic mass is 15.1. The summed E-state index contributed by atoms with van der Waals surface area (Å²) < 4.78 is 0. The van der Waals surface area contributed by atoms with Gasteiger partial charge in [-0.3, -0.25) is 4.90 Å². The highest BCUT2D eigenvalue weighted by Gasteiger charge is 2.14. The summed E-state index contributed by atoms with van der Waals surface area (Å²) in [4.78, 5) is 7.28. The summed E-state index contributed by atoms with van der Waals surface area (Å²) in [5.41, 5.74) is 2.61. The van der Waals surface area contributed by atoms with Crippen molar-refractivity contribution < 1.29 is 0 Å². The predicted molar refractivity (Wildman–Crippen MR) is 70.2 cm³/mol. The molecule has 1 saturated heterocycles. The summed E-state index contributed by atoms with van der Waals surface area (Å²) in [5, 5.41) is 3.41. The summed E-state index contributed by atoms with van der Waals surface area (Å²) in [6.45, 7) is 4.58. The van der Waals surface area contributed by atoms with Gasteiger partial charge in [0.05, 0.1) is 5.69 Å². The van der Waals surface area contributed by atoms with Crippen LogP contribution in [0.1, 0.15) is 36.9 Å². The fourth-order valence-corrected chi connectivity index (χ4v) is 2.80. The van der Waals surface area contributed by atoms with Crippen LogP contribution in [0.25, 0.3) is 0 Å². The summed E-state index contributed by atoms with van der Waals surface area (Å²) in [7, 11) is 0. The van der Waals surface area contributed by atoms with E-state index in [4.69, 9.17) is 4.98 Å². The Bertz CT molecular complexity index is 383. The highest BCUT2D eigenvalue weighted by Crippen LogP contribution is 2.20. The molecule has 17 heavy (non-hydrogen) atoms. The number of pyridine rings is 1. The third-order valence-electron chi connectivity index (χ3n) is 3.79. The smallest absolute Gasteiger partial charge is 0.129 e. The average Bonchev–Trinajstić information content (AvgIpc) is 2.40. The van der Waals surface area contributed by atoms with Crippen molar-refractivity contribution in [2.75, 3.05) is 25.0 Å². The molecule has 3 heterocycles. The van der Waals surface area contributed by atoms with Gasteiger partial charge in [-0.1, -0.05) is 12.5 Å². The van der Waals surface area contributed by atoms with Crippen LogP contribution < -0.4 is 5.32 Å². The second-order valence-electron chi connectivity index (χ2n) is 5.18. The maximum absolute atomic E-state index is 4.75. The van der Waals surface area contributed by atoms with Crippen LogP contribution in [0.4, 0.5) is 5.82 Å². The molecule has 1 aromatic heterocycles. The molecular formula is C14H21N3. The number of aryl methyl sites for hydroxylation is 1. The van der Waals surface area contributed by atoms with Gasteiger partial charge >= 0.3 is 0 Å². The summed E-state index contributed by atoms with van der Waals surface area (Å²) >= 11 is 0. The van der Waals surface area contributed by atoms with E-state index >= 15 is 0 Å². The fourth-order valence-electron chi connectivity index (χ4n) is 2.80. The van der Waals surface area contributed by atoms with Gasteiger partial charge in [-0.05, 0) is 50.4 Å². The number of nitrogens with zero attached hydrogens (tertiary/aromatic N) is 2. The van der Waals surface area contributed by atoms with Crippen LogP contribution in [-0.2, 0) is 13.0 Å². The molecule has 3 nitrogen and oxygen atoms in total. The van der Waals surface area contributed by atoms with Crippen LogP contribution >= 0.6 is 0 Å². The van der Waals surface area contributed by atoms with Crippen LogP contribution in [-0.4, -0.2) is 29.5 Å². The molecule has 3 heteroatoms. The molecule has 0 aromatic carbocycles. The lowest BCUT2D eigenvalue weighted by Gasteiger charge is -2.26. The van der Waals surface area contributed by atoms with Crippen molar-refractivity contribution in [3.8, 4) is 0 Å². The van der Waals surface area contributed by atoms with Crippen LogP contribution in [0.2, 0.25) is 0 Å². The van der Waals surface area contributed by atoms with Crippen molar-refractivity contribution in [1.82, 2.24) is 9.88 Å². The van der Waals surface area contributed by atoms with Gasteiger partial charge in [-0.25, -0.2) is 4.98 Å². The lowest BCUT2D eigenvalue weighted by molar-refractivity contribution is 0.218. The van der Waals surface area contributed by atoms with E-state index in [0.29, 0.717) is 0 Å². The lowest BCUT2D eigenvalue weighted by Crippen LogP contribution is -2.29. The van der Waals surface area contributed by atoms with E-state index in [2.05, 4.69) is 22.3 Å². The first kappa shape index (κ1) is 11.0. The van der Waals surface area contributed by atoms with E-state index in [1.807, 2.05) is 0 Å². The van der Waals surface area contributed by atoms with Crippen molar-refractivity contribution in [2.45, 2.75) is 38.6 Å². The third-order valence-corrected chi connectivity index (χ3v) is 3.79. The number of anilines is 1. The topological polar surface area (TPSA) is 28.2 Å². The number of aromatic nitrogens is 1. The van der Waals surface area contributed by atoms with Crippen molar-refractivity contribution in [3.63, 3.8) is 0 Å². The highest BCUT2D eigenvalue weighted by molar-refractivity contribution is 5.46. The molecule has 0 aliphatic carbocycles. The van der Waals surface area contributed by atoms with Gasteiger partial charge in [0.15, 0.2) is 0 Å². The van der Waals surface area contributed by atoms with Crippen LogP contribution in [0, 0.1) is 0 Å². The molecule has 0 saturated carbocycles. The lowest BCUT2D eigenvalue weighted by atomic mass is 10.1. The minimum Gasteiger partial charge on any atom is -0.370 e. The summed E-state index contributed by atoms with van der Waals surface area (Å²) in [5.74, 6) is 1.13. The van der Waals surface area contributed by atoms with Crippen molar-refractivity contribution in [1.29, 1.82) is 0 Å². The summed E-state index contributed by atoms with van der Waals surface area (Å²) in [6.07, 6.45) is 6.52.